The zero-order valence-corrected chi connectivity index (χ0v) is 7.84. The second-order valence-electron chi connectivity index (χ2n) is 2.38. The fraction of sp³-hybridized carbons (Fsp3) is 0.333. The smallest absolute Gasteiger partial charge is 0.0471 e. The van der Waals surface area contributed by atoms with Crippen LogP contribution in [0.5, 0.6) is 0 Å². The predicted molar refractivity (Wildman–Crippen MR) is 49.9 cm³/mol. The highest BCUT2D eigenvalue weighted by atomic mass is 79.9. The standard InChI is InChI=1S/C9H11BrO/c10-7-9-4-2-1-3-8(9)5-6-11/h1-4,11H,5-7H2. The van der Waals surface area contributed by atoms with Crippen LogP contribution in [0.1, 0.15) is 11.1 Å². The van der Waals surface area contributed by atoms with Gasteiger partial charge in [0.15, 0.2) is 0 Å². The highest BCUT2D eigenvalue weighted by Crippen LogP contribution is 2.12. The first-order valence-corrected chi connectivity index (χ1v) is 4.74. The molecule has 2 heteroatoms. The van der Waals surface area contributed by atoms with E-state index in [0.717, 1.165) is 11.8 Å². The van der Waals surface area contributed by atoms with Crippen LogP contribution >= 0.6 is 15.9 Å². The molecule has 0 saturated carbocycles. The first-order chi connectivity index (χ1) is 5.38. The molecule has 0 heterocycles. The van der Waals surface area contributed by atoms with E-state index in [4.69, 9.17) is 5.11 Å². The van der Waals surface area contributed by atoms with Gasteiger partial charge < -0.3 is 5.11 Å². The maximum absolute atomic E-state index is 8.72. The summed E-state index contributed by atoms with van der Waals surface area (Å²) >= 11 is 3.40. The maximum atomic E-state index is 8.72. The number of rotatable bonds is 3. The lowest BCUT2D eigenvalue weighted by atomic mass is 10.1. The van der Waals surface area contributed by atoms with E-state index in [0.29, 0.717) is 0 Å². The van der Waals surface area contributed by atoms with Crippen LogP contribution in [-0.4, -0.2) is 11.7 Å². The van der Waals surface area contributed by atoms with Crippen LogP contribution in [0.3, 0.4) is 0 Å². The monoisotopic (exact) mass is 214 g/mol. The number of halogens is 1. The molecular formula is C9H11BrO. The molecule has 0 spiro atoms. The van der Waals surface area contributed by atoms with E-state index in [2.05, 4.69) is 22.0 Å². The minimum absolute atomic E-state index is 0.226. The Kier molecular flexibility index (Phi) is 3.60. The Balaban J connectivity index is 2.83. The van der Waals surface area contributed by atoms with E-state index in [1.807, 2.05) is 18.2 Å². The molecule has 0 atom stereocenters. The maximum Gasteiger partial charge on any atom is 0.0471 e. The first kappa shape index (κ1) is 8.75. The molecule has 0 radical (unpaired) electrons. The van der Waals surface area contributed by atoms with Crippen LogP contribution in [0.15, 0.2) is 24.3 Å². The molecule has 60 valence electrons. The van der Waals surface area contributed by atoms with Crippen LogP contribution in [-0.2, 0) is 11.8 Å². The van der Waals surface area contributed by atoms with Gasteiger partial charge in [-0.2, -0.15) is 0 Å². The minimum atomic E-state index is 0.226. The molecule has 0 saturated heterocycles. The topological polar surface area (TPSA) is 20.2 Å². The number of hydrogen-bond donors (Lipinski definition) is 1. The average molecular weight is 215 g/mol. The fourth-order valence-electron chi connectivity index (χ4n) is 1.05. The second-order valence-corrected chi connectivity index (χ2v) is 2.94. The average Bonchev–Trinajstić information content (AvgIpc) is 2.06. The molecular weight excluding hydrogens is 204 g/mol. The number of aliphatic hydroxyl groups is 1. The van der Waals surface area contributed by atoms with Crippen molar-refractivity contribution in [3.8, 4) is 0 Å². The van der Waals surface area contributed by atoms with Crippen molar-refractivity contribution in [3.05, 3.63) is 35.4 Å². The molecule has 0 aliphatic carbocycles. The Labute approximate surface area is 75.2 Å². The SMILES string of the molecule is OCCc1ccccc1CBr. The van der Waals surface area contributed by atoms with Gasteiger partial charge in [0.1, 0.15) is 0 Å². The van der Waals surface area contributed by atoms with Gasteiger partial charge in [0.2, 0.25) is 0 Å². The third kappa shape index (κ3) is 2.31. The molecule has 0 fully saturated rings. The van der Waals surface area contributed by atoms with Gasteiger partial charge in [-0.3, -0.25) is 0 Å². The van der Waals surface area contributed by atoms with E-state index in [1.165, 1.54) is 11.1 Å². The lowest BCUT2D eigenvalue weighted by molar-refractivity contribution is 0.299. The molecule has 1 aromatic rings. The summed E-state index contributed by atoms with van der Waals surface area (Å²) < 4.78 is 0. The number of benzene rings is 1. The summed E-state index contributed by atoms with van der Waals surface area (Å²) in [4.78, 5) is 0. The fourth-order valence-corrected chi connectivity index (χ4v) is 1.60. The molecule has 0 amide bonds. The summed E-state index contributed by atoms with van der Waals surface area (Å²) in [5, 5.41) is 9.59. The zero-order chi connectivity index (χ0) is 8.10. The first-order valence-electron chi connectivity index (χ1n) is 3.62. The van der Waals surface area contributed by atoms with Crippen LogP contribution < -0.4 is 0 Å². The lowest BCUT2D eigenvalue weighted by Crippen LogP contribution is -1.94. The molecule has 0 unspecified atom stereocenters. The Hall–Kier alpha value is -0.340. The molecule has 11 heavy (non-hydrogen) atoms. The third-order valence-electron chi connectivity index (χ3n) is 1.64. The lowest BCUT2D eigenvalue weighted by Gasteiger charge is -2.03. The molecule has 1 nitrogen and oxygen atoms in total. The summed E-state index contributed by atoms with van der Waals surface area (Å²) in [5.74, 6) is 0. The van der Waals surface area contributed by atoms with Crippen molar-refractivity contribution in [2.24, 2.45) is 0 Å². The molecule has 1 rings (SSSR count). The van der Waals surface area contributed by atoms with Gasteiger partial charge in [-0.1, -0.05) is 40.2 Å². The molecule has 0 bridgehead atoms. The van der Waals surface area contributed by atoms with E-state index in [-0.39, 0.29) is 6.61 Å². The number of alkyl halides is 1. The Morgan fingerprint density at radius 3 is 2.36 bits per heavy atom. The van der Waals surface area contributed by atoms with Gasteiger partial charge in [0, 0.05) is 11.9 Å². The minimum Gasteiger partial charge on any atom is -0.396 e. The van der Waals surface area contributed by atoms with Gasteiger partial charge >= 0.3 is 0 Å². The molecule has 0 aromatic heterocycles. The summed E-state index contributed by atoms with van der Waals surface area (Å²) in [6.45, 7) is 0.226. The van der Waals surface area contributed by atoms with Crippen molar-refractivity contribution in [3.63, 3.8) is 0 Å². The Morgan fingerprint density at radius 1 is 1.18 bits per heavy atom. The second kappa shape index (κ2) is 4.52. The van der Waals surface area contributed by atoms with Gasteiger partial charge in [-0.15, -0.1) is 0 Å². The van der Waals surface area contributed by atoms with Crippen molar-refractivity contribution in [1.29, 1.82) is 0 Å². The molecule has 0 aliphatic heterocycles. The summed E-state index contributed by atoms with van der Waals surface area (Å²) in [6, 6.07) is 8.13. The number of aliphatic hydroxyl groups excluding tert-OH is 1. The zero-order valence-electron chi connectivity index (χ0n) is 6.26. The van der Waals surface area contributed by atoms with Crippen molar-refractivity contribution in [2.45, 2.75) is 11.8 Å². The molecule has 1 aromatic carbocycles. The van der Waals surface area contributed by atoms with Crippen molar-refractivity contribution >= 4 is 15.9 Å². The van der Waals surface area contributed by atoms with E-state index in [1.54, 1.807) is 0 Å². The van der Waals surface area contributed by atoms with Gasteiger partial charge in [-0.25, -0.2) is 0 Å². The van der Waals surface area contributed by atoms with E-state index < -0.39 is 0 Å². The normalized spacial score (nSPS) is 10.0. The van der Waals surface area contributed by atoms with Crippen LogP contribution in [0, 0.1) is 0 Å². The summed E-state index contributed by atoms with van der Waals surface area (Å²) in [7, 11) is 0. The third-order valence-corrected chi connectivity index (χ3v) is 2.25. The summed E-state index contributed by atoms with van der Waals surface area (Å²) in [5.41, 5.74) is 2.49. The van der Waals surface area contributed by atoms with E-state index in [9.17, 15) is 0 Å². The van der Waals surface area contributed by atoms with Crippen molar-refractivity contribution in [1.82, 2.24) is 0 Å². The number of hydrogen-bond acceptors (Lipinski definition) is 1. The molecule has 0 aliphatic rings. The van der Waals surface area contributed by atoms with Gasteiger partial charge in [0.25, 0.3) is 0 Å². The molecule has 1 N–H and O–H groups in total. The van der Waals surface area contributed by atoms with Crippen LogP contribution in [0.2, 0.25) is 0 Å². The highest BCUT2D eigenvalue weighted by Gasteiger charge is 1.97. The van der Waals surface area contributed by atoms with Crippen molar-refractivity contribution in [2.75, 3.05) is 6.61 Å². The highest BCUT2D eigenvalue weighted by molar-refractivity contribution is 9.08. The van der Waals surface area contributed by atoms with Crippen LogP contribution in [0.25, 0.3) is 0 Å². The van der Waals surface area contributed by atoms with E-state index >= 15 is 0 Å². The predicted octanol–water partition coefficient (Wildman–Crippen LogP) is 2.12. The Bertz CT molecular complexity index is 223. The summed E-state index contributed by atoms with van der Waals surface area (Å²) in [6.07, 6.45) is 0.752. The van der Waals surface area contributed by atoms with Gasteiger partial charge in [0.05, 0.1) is 0 Å². The quantitative estimate of drug-likeness (QED) is 0.765. The van der Waals surface area contributed by atoms with Gasteiger partial charge in [-0.05, 0) is 17.5 Å². The largest absolute Gasteiger partial charge is 0.396 e. The van der Waals surface area contributed by atoms with Crippen LogP contribution in [0.4, 0.5) is 0 Å². The Morgan fingerprint density at radius 2 is 1.82 bits per heavy atom. The van der Waals surface area contributed by atoms with Crippen molar-refractivity contribution < 1.29 is 5.11 Å².